The summed E-state index contributed by atoms with van der Waals surface area (Å²) in [4.78, 5) is 14.5. The minimum absolute atomic E-state index is 0.132. The molecule has 96 valence electrons. The van der Waals surface area contributed by atoms with Crippen LogP contribution in [0.15, 0.2) is 16.9 Å². The van der Waals surface area contributed by atoms with Crippen molar-refractivity contribution in [3.05, 3.63) is 23.8 Å². The van der Waals surface area contributed by atoms with Crippen LogP contribution in [0, 0.1) is 0 Å². The van der Waals surface area contributed by atoms with Gasteiger partial charge < -0.3 is 14.8 Å². The lowest BCUT2D eigenvalue weighted by atomic mass is 10.1. The molecule has 0 radical (unpaired) electrons. The normalized spacial score (nSPS) is 10.9. The van der Waals surface area contributed by atoms with Gasteiger partial charge in [-0.15, -0.1) is 0 Å². The first-order valence-corrected chi connectivity index (χ1v) is 5.46. The van der Waals surface area contributed by atoms with Crippen molar-refractivity contribution in [2.45, 2.75) is 19.8 Å². The number of aromatic carboxylic acids is 1. The fourth-order valence-corrected chi connectivity index (χ4v) is 1.57. The molecule has 2 N–H and O–H groups in total. The summed E-state index contributed by atoms with van der Waals surface area (Å²) in [6.07, 6.45) is 2.88. The Morgan fingerprint density at radius 1 is 1.56 bits per heavy atom. The average molecular weight is 250 g/mol. The number of carboxylic acids is 1. The lowest BCUT2D eigenvalue weighted by Crippen LogP contribution is -1.99. The molecule has 0 fully saturated rings. The zero-order chi connectivity index (χ0) is 13.3. The van der Waals surface area contributed by atoms with Crippen LogP contribution in [0.5, 0.6) is 0 Å². The SMILES string of the molecule is CC(C)c1nn(C)cc1Nc1nc(C(=O)O)co1. The van der Waals surface area contributed by atoms with Crippen LogP contribution in [0.1, 0.15) is 35.9 Å². The Hall–Kier alpha value is -2.31. The molecule has 0 saturated carbocycles. The lowest BCUT2D eigenvalue weighted by Gasteiger charge is -2.04. The van der Waals surface area contributed by atoms with E-state index in [4.69, 9.17) is 9.52 Å². The van der Waals surface area contributed by atoms with E-state index in [1.54, 1.807) is 10.9 Å². The molecule has 0 aromatic carbocycles. The monoisotopic (exact) mass is 250 g/mol. The molecule has 2 aromatic rings. The lowest BCUT2D eigenvalue weighted by molar-refractivity contribution is 0.0690. The number of nitrogens with zero attached hydrogens (tertiary/aromatic N) is 3. The van der Waals surface area contributed by atoms with Crippen LogP contribution in [0.2, 0.25) is 0 Å². The second-order valence-electron chi connectivity index (χ2n) is 4.22. The largest absolute Gasteiger partial charge is 0.476 e. The van der Waals surface area contributed by atoms with Crippen molar-refractivity contribution in [1.29, 1.82) is 0 Å². The summed E-state index contributed by atoms with van der Waals surface area (Å²) in [6, 6.07) is 0.141. The summed E-state index contributed by atoms with van der Waals surface area (Å²) in [5.41, 5.74) is 1.49. The first-order valence-electron chi connectivity index (χ1n) is 5.46. The maximum atomic E-state index is 10.7. The van der Waals surface area contributed by atoms with E-state index in [0.717, 1.165) is 17.6 Å². The fraction of sp³-hybridized carbons (Fsp3) is 0.364. The van der Waals surface area contributed by atoms with Crippen molar-refractivity contribution in [3.8, 4) is 0 Å². The maximum absolute atomic E-state index is 10.7. The number of rotatable bonds is 4. The van der Waals surface area contributed by atoms with Gasteiger partial charge in [-0.05, 0) is 5.92 Å². The highest BCUT2D eigenvalue weighted by molar-refractivity contribution is 5.85. The fourth-order valence-electron chi connectivity index (χ4n) is 1.57. The minimum atomic E-state index is -1.12. The summed E-state index contributed by atoms with van der Waals surface area (Å²) in [6.45, 7) is 4.04. The average Bonchev–Trinajstić information content (AvgIpc) is 2.86. The highest BCUT2D eigenvalue weighted by Gasteiger charge is 2.15. The van der Waals surface area contributed by atoms with Crippen LogP contribution in [0.3, 0.4) is 0 Å². The molecule has 7 nitrogen and oxygen atoms in total. The topological polar surface area (TPSA) is 93.2 Å². The zero-order valence-electron chi connectivity index (χ0n) is 10.3. The van der Waals surface area contributed by atoms with Gasteiger partial charge in [-0.1, -0.05) is 13.8 Å². The standard InChI is InChI=1S/C11H14N4O3/c1-6(2)9-7(4-15(3)14-9)12-11-13-8(5-18-11)10(16)17/h4-6H,1-3H3,(H,12,13)(H,16,17). The van der Waals surface area contributed by atoms with E-state index in [1.165, 1.54) is 0 Å². The van der Waals surface area contributed by atoms with E-state index in [9.17, 15) is 4.79 Å². The minimum Gasteiger partial charge on any atom is -0.476 e. The van der Waals surface area contributed by atoms with Gasteiger partial charge in [-0.2, -0.15) is 10.1 Å². The second-order valence-corrected chi connectivity index (χ2v) is 4.22. The Bertz CT molecular complexity index is 571. The first kappa shape index (κ1) is 12.2. The molecule has 0 aliphatic heterocycles. The third-order valence-electron chi connectivity index (χ3n) is 2.37. The molecule has 2 rings (SSSR count). The number of hydrogen-bond acceptors (Lipinski definition) is 5. The summed E-state index contributed by atoms with van der Waals surface area (Å²) < 4.78 is 6.71. The molecular formula is C11H14N4O3. The summed E-state index contributed by atoms with van der Waals surface area (Å²) in [5, 5.41) is 16.0. The molecule has 0 aliphatic rings. The van der Waals surface area contributed by atoms with E-state index in [-0.39, 0.29) is 17.6 Å². The smallest absolute Gasteiger partial charge is 0.357 e. The number of anilines is 2. The molecule has 0 saturated heterocycles. The number of hydrogen-bond donors (Lipinski definition) is 2. The molecule has 0 atom stereocenters. The quantitative estimate of drug-likeness (QED) is 0.861. The van der Waals surface area contributed by atoms with Gasteiger partial charge in [0, 0.05) is 13.2 Å². The van der Waals surface area contributed by atoms with Gasteiger partial charge >= 0.3 is 5.97 Å². The molecule has 0 bridgehead atoms. The Balaban J connectivity index is 2.25. The van der Waals surface area contributed by atoms with Crippen LogP contribution < -0.4 is 5.32 Å². The van der Waals surface area contributed by atoms with E-state index in [0.29, 0.717) is 0 Å². The molecule has 18 heavy (non-hydrogen) atoms. The van der Waals surface area contributed by atoms with Gasteiger partial charge in [0.2, 0.25) is 0 Å². The van der Waals surface area contributed by atoms with Crippen LogP contribution in [0.25, 0.3) is 0 Å². The Kier molecular flexibility index (Phi) is 3.05. The molecule has 2 heterocycles. The van der Waals surface area contributed by atoms with Crippen molar-refractivity contribution >= 4 is 17.7 Å². The van der Waals surface area contributed by atoms with Gasteiger partial charge in [-0.3, -0.25) is 4.68 Å². The molecule has 7 heteroatoms. The predicted molar refractivity (Wildman–Crippen MR) is 64.0 cm³/mol. The van der Waals surface area contributed by atoms with Gasteiger partial charge in [0.1, 0.15) is 6.26 Å². The van der Waals surface area contributed by atoms with Crippen molar-refractivity contribution < 1.29 is 14.3 Å². The molecule has 0 unspecified atom stereocenters. The Morgan fingerprint density at radius 3 is 2.83 bits per heavy atom. The van der Waals surface area contributed by atoms with Gasteiger partial charge in [0.25, 0.3) is 6.01 Å². The van der Waals surface area contributed by atoms with Crippen molar-refractivity contribution in [1.82, 2.24) is 14.8 Å². The van der Waals surface area contributed by atoms with Crippen molar-refractivity contribution in [2.24, 2.45) is 7.05 Å². The molecule has 0 amide bonds. The second kappa shape index (κ2) is 4.52. The van der Waals surface area contributed by atoms with E-state index in [2.05, 4.69) is 15.4 Å². The molecular weight excluding hydrogens is 236 g/mol. The number of aryl methyl sites for hydroxylation is 1. The van der Waals surface area contributed by atoms with Crippen LogP contribution in [-0.2, 0) is 7.05 Å². The Labute approximate surface area is 103 Å². The van der Waals surface area contributed by atoms with Gasteiger partial charge in [0.15, 0.2) is 5.69 Å². The van der Waals surface area contributed by atoms with E-state index < -0.39 is 5.97 Å². The van der Waals surface area contributed by atoms with E-state index in [1.807, 2.05) is 20.9 Å². The van der Waals surface area contributed by atoms with Crippen LogP contribution >= 0.6 is 0 Å². The molecule has 2 aromatic heterocycles. The summed E-state index contributed by atoms with van der Waals surface area (Å²) in [5.74, 6) is -0.885. The van der Waals surface area contributed by atoms with Crippen LogP contribution in [-0.4, -0.2) is 25.8 Å². The van der Waals surface area contributed by atoms with E-state index >= 15 is 0 Å². The van der Waals surface area contributed by atoms with Crippen LogP contribution in [0.4, 0.5) is 11.7 Å². The predicted octanol–water partition coefficient (Wildman–Crippen LogP) is 1.97. The summed E-state index contributed by atoms with van der Waals surface area (Å²) >= 11 is 0. The number of aromatic nitrogens is 3. The van der Waals surface area contributed by atoms with Gasteiger partial charge in [0.05, 0.1) is 11.4 Å². The number of oxazole rings is 1. The highest BCUT2D eigenvalue weighted by Crippen LogP contribution is 2.25. The van der Waals surface area contributed by atoms with Gasteiger partial charge in [-0.25, -0.2) is 4.79 Å². The van der Waals surface area contributed by atoms with Crippen molar-refractivity contribution in [3.63, 3.8) is 0 Å². The van der Waals surface area contributed by atoms with Crippen molar-refractivity contribution in [2.75, 3.05) is 5.32 Å². The Morgan fingerprint density at radius 2 is 2.28 bits per heavy atom. The molecule has 0 spiro atoms. The number of carbonyl (C=O) groups is 1. The zero-order valence-corrected chi connectivity index (χ0v) is 10.3. The summed E-state index contributed by atoms with van der Waals surface area (Å²) in [7, 11) is 1.81. The first-order chi connectivity index (χ1) is 8.47. The highest BCUT2D eigenvalue weighted by atomic mass is 16.4. The third-order valence-corrected chi connectivity index (χ3v) is 2.37. The third kappa shape index (κ3) is 2.34. The molecule has 0 aliphatic carbocycles. The maximum Gasteiger partial charge on any atom is 0.357 e. The number of nitrogens with one attached hydrogen (secondary N) is 1. The number of carboxylic acid groups (broad SMARTS) is 1.